The van der Waals surface area contributed by atoms with Gasteiger partial charge in [-0.25, -0.2) is 9.97 Å². The van der Waals surface area contributed by atoms with Crippen molar-refractivity contribution in [2.45, 2.75) is 33.4 Å². The fourth-order valence-electron chi connectivity index (χ4n) is 3.22. The summed E-state index contributed by atoms with van der Waals surface area (Å²) in [5, 5.41) is 0. The van der Waals surface area contributed by atoms with Crippen LogP contribution in [-0.4, -0.2) is 26.4 Å². The van der Waals surface area contributed by atoms with E-state index in [4.69, 9.17) is 4.42 Å². The van der Waals surface area contributed by atoms with Crippen LogP contribution in [0, 0.1) is 13.8 Å². The third kappa shape index (κ3) is 2.80. The van der Waals surface area contributed by atoms with Crippen molar-refractivity contribution >= 4 is 0 Å². The molecule has 0 saturated heterocycles. The van der Waals surface area contributed by atoms with E-state index in [-0.39, 0.29) is 0 Å². The largest absolute Gasteiger partial charge is 0.461 e. The van der Waals surface area contributed by atoms with Gasteiger partial charge in [-0.1, -0.05) is 0 Å². The summed E-state index contributed by atoms with van der Waals surface area (Å²) in [5.41, 5.74) is 6.22. The van der Waals surface area contributed by atoms with E-state index < -0.39 is 0 Å². The van der Waals surface area contributed by atoms with Crippen LogP contribution in [0.1, 0.15) is 28.2 Å². The van der Waals surface area contributed by atoms with Crippen molar-refractivity contribution in [2.24, 2.45) is 0 Å². The summed E-state index contributed by atoms with van der Waals surface area (Å²) in [7, 11) is 0. The molecule has 4 heterocycles. The molecule has 0 fully saturated rings. The fourth-order valence-corrected chi connectivity index (χ4v) is 3.22. The first kappa shape index (κ1) is 14.2. The summed E-state index contributed by atoms with van der Waals surface area (Å²) in [6.07, 6.45) is 4.55. The zero-order valence-corrected chi connectivity index (χ0v) is 13.5. The minimum atomic E-state index is 0.680. The number of aryl methyl sites for hydroxylation is 2. The zero-order valence-electron chi connectivity index (χ0n) is 13.5. The van der Waals surface area contributed by atoms with Crippen molar-refractivity contribution in [3.63, 3.8) is 0 Å². The number of rotatable bonds is 3. The Morgan fingerprint density at radius 2 is 2.26 bits per heavy atom. The second kappa shape index (κ2) is 5.66. The van der Waals surface area contributed by atoms with E-state index in [1.54, 1.807) is 6.26 Å². The molecule has 1 aliphatic rings. The van der Waals surface area contributed by atoms with Crippen LogP contribution in [0.5, 0.6) is 0 Å². The van der Waals surface area contributed by atoms with Gasteiger partial charge >= 0.3 is 0 Å². The lowest BCUT2D eigenvalue weighted by molar-refractivity contribution is 0.242. The fraction of sp³-hybridized carbons (Fsp3) is 0.333. The third-order valence-electron chi connectivity index (χ3n) is 4.41. The number of aromatic nitrogens is 3. The molecule has 0 saturated carbocycles. The van der Waals surface area contributed by atoms with Gasteiger partial charge in [0.15, 0.2) is 11.6 Å². The number of aromatic amines is 1. The Morgan fingerprint density at radius 1 is 1.35 bits per heavy atom. The van der Waals surface area contributed by atoms with Crippen molar-refractivity contribution in [2.75, 3.05) is 6.54 Å². The Kier molecular flexibility index (Phi) is 3.50. The smallest absolute Gasteiger partial charge is 0.195 e. The van der Waals surface area contributed by atoms with E-state index in [0.29, 0.717) is 5.82 Å². The molecule has 4 rings (SSSR count). The van der Waals surface area contributed by atoms with Gasteiger partial charge in [0, 0.05) is 49.2 Å². The second-order valence-corrected chi connectivity index (χ2v) is 6.21. The first-order valence-corrected chi connectivity index (χ1v) is 7.95. The van der Waals surface area contributed by atoms with Gasteiger partial charge in [-0.15, -0.1) is 0 Å². The van der Waals surface area contributed by atoms with Gasteiger partial charge in [0.1, 0.15) is 0 Å². The molecule has 0 aromatic carbocycles. The van der Waals surface area contributed by atoms with Crippen molar-refractivity contribution < 1.29 is 4.42 Å². The van der Waals surface area contributed by atoms with Crippen LogP contribution >= 0.6 is 0 Å². The van der Waals surface area contributed by atoms with Crippen LogP contribution in [0.25, 0.3) is 11.6 Å². The standard InChI is InChI=1S/C18H20N4O/c1-12-8-14(13(2)20-12)10-22-6-5-16-15(11-22)9-19-18(21-16)17-4-3-7-23-17/h3-4,7-9,20H,5-6,10-11H2,1-2H3. The average molecular weight is 308 g/mol. The zero-order chi connectivity index (χ0) is 15.8. The van der Waals surface area contributed by atoms with E-state index in [9.17, 15) is 0 Å². The van der Waals surface area contributed by atoms with Gasteiger partial charge in [0.25, 0.3) is 0 Å². The maximum atomic E-state index is 5.39. The molecule has 118 valence electrons. The molecule has 0 aliphatic carbocycles. The van der Waals surface area contributed by atoms with Crippen LogP contribution in [0.3, 0.4) is 0 Å². The lowest BCUT2D eigenvalue weighted by Crippen LogP contribution is -2.31. The molecule has 0 radical (unpaired) electrons. The molecule has 23 heavy (non-hydrogen) atoms. The number of hydrogen-bond acceptors (Lipinski definition) is 4. The van der Waals surface area contributed by atoms with Crippen molar-refractivity contribution in [3.05, 3.63) is 58.9 Å². The van der Waals surface area contributed by atoms with Crippen LogP contribution in [0.4, 0.5) is 0 Å². The van der Waals surface area contributed by atoms with Crippen LogP contribution < -0.4 is 0 Å². The van der Waals surface area contributed by atoms with Crippen molar-refractivity contribution in [3.8, 4) is 11.6 Å². The average Bonchev–Trinajstić information content (AvgIpc) is 3.17. The van der Waals surface area contributed by atoms with Crippen LogP contribution in [-0.2, 0) is 19.5 Å². The highest BCUT2D eigenvalue weighted by Crippen LogP contribution is 2.23. The Hall–Kier alpha value is -2.40. The molecule has 0 unspecified atom stereocenters. The molecule has 0 amide bonds. The Labute approximate surface area is 135 Å². The van der Waals surface area contributed by atoms with Gasteiger partial charge < -0.3 is 9.40 Å². The minimum Gasteiger partial charge on any atom is -0.461 e. The first-order valence-electron chi connectivity index (χ1n) is 7.95. The van der Waals surface area contributed by atoms with E-state index in [2.05, 4.69) is 39.8 Å². The molecule has 0 atom stereocenters. The van der Waals surface area contributed by atoms with Crippen molar-refractivity contribution in [1.82, 2.24) is 19.9 Å². The second-order valence-electron chi connectivity index (χ2n) is 6.21. The van der Waals surface area contributed by atoms with E-state index in [1.165, 1.54) is 22.5 Å². The lowest BCUT2D eigenvalue weighted by atomic mass is 10.1. The van der Waals surface area contributed by atoms with Crippen molar-refractivity contribution in [1.29, 1.82) is 0 Å². The summed E-state index contributed by atoms with van der Waals surface area (Å²) in [6.45, 7) is 7.13. The molecule has 3 aromatic rings. The number of nitrogens with zero attached hydrogens (tertiary/aromatic N) is 3. The molecule has 3 aromatic heterocycles. The Balaban J connectivity index is 1.52. The molecule has 0 bridgehead atoms. The highest BCUT2D eigenvalue weighted by atomic mass is 16.3. The van der Waals surface area contributed by atoms with Gasteiger partial charge in [0.2, 0.25) is 0 Å². The topological polar surface area (TPSA) is 58.0 Å². The van der Waals surface area contributed by atoms with Gasteiger partial charge in [-0.3, -0.25) is 4.90 Å². The number of hydrogen-bond donors (Lipinski definition) is 1. The monoisotopic (exact) mass is 308 g/mol. The van der Waals surface area contributed by atoms with E-state index in [1.807, 2.05) is 18.3 Å². The minimum absolute atomic E-state index is 0.680. The summed E-state index contributed by atoms with van der Waals surface area (Å²) < 4.78 is 5.39. The molecule has 1 aliphatic heterocycles. The first-order chi connectivity index (χ1) is 11.2. The molecular formula is C18H20N4O. The van der Waals surface area contributed by atoms with E-state index >= 15 is 0 Å². The SMILES string of the molecule is Cc1cc(CN2CCc3nc(-c4ccco4)ncc3C2)c(C)[nH]1. The lowest BCUT2D eigenvalue weighted by Gasteiger charge is -2.27. The molecule has 5 heteroatoms. The quantitative estimate of drug-likeness (QED) is 0.807. The Bertz CT molecular complexity index is 820. The highest BCUT2D eigenvalue weighted by Gasteiger charge is 2.20. The van der Waals surface area contributed by atoms with E-state index in [0.717, 1.165) is 37.5 Å². The molecule has 0 spiro atoms. The van der Waals surface area contributed by atoms with Gasteiger partial charge in [0.05, 0.1) is 12.0 Å². The maximum Gasteiger partial charge on any atom is 0.195 e. The van der Waals surface area contributed by atoms with Gasteiger partial charge in [-0.2, -0.15) is 0 Å². The summed E-state index contributed by atoms with van der Waals surface area (Å²) in [6, 6.07) is 6.00. The predicted molar refractivity (Wildman–Crippen MR) is 87.8 cm³/mol. The van der Waals surface area contributed by atoms with Crippen LogP contribution in [0.2, 0.25) is 0 Å². The number of furan rings is 1. The van der Waals surface area contributed by atoms with Crippen LogP contribution in [0.15, 0.2) is 35.1 Å². The maximum absolute atomic E-state index is 5.39. The highest BCUT2D eigenvalue weighted by molar-refractivity contribution is 5.47. The summed E-state index contributed by atoms with van der Waals surface area (Å²) >= 11 is 0. The molecular weight excluding hydrogens is 288 g/mol. The van der Waals surface area contributed by atoms with Gasteiger partial charge in [-0.05, 0) is 37.6 Å². The number of fused-ring (bicyclic) bond motifs is 1. The summed E-state index contributed by atoms with van der Waals surface area (Å²) in [5.74, 6) is 1.41. The molecule has 1 N–H and O–H groups in total. The predicted octanol–water partition coefficient (Wildman–Crippen LogP) is 3.24. The number of H-pyrrole nitrogens is 1. The molecule has 5 nitrogen and oxygen atoms in total. The summed E-state index contributed by atoms with van der Waals surface area (Å²) in [4.78, 5) is 15.0. The Morgan fingerprint density at radius 3 is 3.00 bits per heavy atom. The number of nitrogens with one attached hydrogen (secondary N) is 1. The third-order valence-corrected chi connectivity index (χ3v) is 4.41. The normalized spacial score (nSPS) is 14.9.